The number of benzene rings is 1. The first kappa shape index (κ1) is 9.04. The number of hydrogen-bond acceptors (Lipinski definition) is 2. The molecule has 0 spiro atoms. The van der Waals surface area contributed by atoms with Gasteiger partial charge in [0.1, 0.15) is 0 Å². The van der Waals surface area contributed by atoms with E-state index in [0.717, 1.165) is 5.69 Å². The van der Waals surface area contributed by atoms with Crippen molar-refractivity contribution in [3.05, 3.63) is 28.2 Å². The number of nitrogens with one attached hydrogen (secondary N) is 1. The smallest absolute Gasteiger partial charge is 0.0823 e. The lowest BCUT2D eigenvalue weighted by Crippen LogP contribution is -1.94. The van der Waals surface area contributed by atoms with Crippen molar-refractivity contribution in [2.75, 3.05) is 11.2 Å². The quantitative estimate of drug-likeness (QED) is 0.561. The van der Waals surface area contributed by atoms with Crippen LogP contribution < -0.4 is 5.32 Å². The van der Waals surface area contributed by atoms with Crippen LogP contribution in [0.25, 0.3) is 0 Å². The van der Waals surface area contributed by atoms with Gasteiger partial charge in [-0.25, -0.2) is 0 Å². The average Bonchev–Trinajstić information content (AvgIpc) is 1.99. The molecule has 0 saturated carbocycles. The van der Waals surface area contributed by atoms with Gasteiger partial charge in [0.2, 0.25) is 0 Å². The molecule has 0 aliphatic heterocycles. The molecular formula is C7H7Cl2NS. The van der Waals surface area contributed by atoms with Crippen LogP contribution in [0.3, 0.4) is 0 Å². The molecule has 0 radical (unpaired) electrons. The summed E-state index contributed by atoms with van der Waals surface area (Å²) in [5.74, 6) is 0.542. The fraction of sp³-hybridized carbons (Fsp3) is 0.143. The summed E-state index contributed by atoms with van der Waals surface area (Å²) in [6, 6.07) is 5.43. The summed E-state index contributed by atoms with van der Waals surface area (Å²) >= 11 is 15.6. The van der Waals surface area contributed by atoms with Gasteiger partial charge >= 0.3 is 0 Å². The third kappa shape index (κ3) is 2.19. The van der Waals surface area contributed by atoms with Gasteiger partial charge in [-0.2, -0.15) is 12.6 Å². The summed E-state index contributed by atoms with van der Waals surface area (Å²) in [6.45, 7) is 0. The zero-order valence-corrected chi connectivity index (χ0v) is 8.05. The van der Waals surface area contributed by atoms with E-state index in [-0.39, 0.29) is 0 Å². The summed E-state index contributed by atoms with van der Waals surface area (Å²) in [5, 5.41) is 4.06. The van der Waals surface area contributed by atoms with Crippen molar-refractivity contribution in [1.82, 2.24) is 0 Å². The topological polar surface area (TPSA) is 12.0 Å². The second-order valence-electron chi connectivity index (χ2n) is 1.94. The Balaban J connectivity index is 2.96. The van der Waals surface area contributed by atoms with Crippen LogP contribution in [-0.2, 0) is 0 Å². The zero-order chi connectivity index (χ0) is 8.27. The number of thiol groups is 1. The molecule has 0 fully saturated rings. The molecule has 0 amide bonds. The predicted molar refractivity (Wildman–Crippen MR) is 53.9 cm³/mol. The fourth-order valence-electron chi connectivity index (χ4n) is 0.725. The first-order valence-electron chi connectivity index (χ1n) is 3.04. The lowest BCUT2D eigenvalue weighted by atomic mass is 10.3. The predicted octanol–water partition coefficient (Wildman–Crippen LogP) is 3.29. The minimum Gasteiger partial charge on any atom is -0.375 e. The molecule has 1 nitrogen and oxygen atoms in total. The molecule has 0 aromatic heterocycles. The second-order valence-corrected chi connectivity index (χ2v) is 3.04. The van der Waals surface area contributed by atoms with Gasteiger partial charge in [-0.1, -0.05) is 29.3 Å². The molecule has 60 valence electrons. The maximum Gasteiger partial charge on any atom is 0.0823 e. The van der Waals surface area contributed by atoms with E-state index in [1.165, 1.54) is 0 Å². The zero-order valence-electron chi connectivity index (χ0n) is 5.64. The first-order chi connectivity index (χ1) is 5.25. The molecule has 1 aromatic carbocycles. The van der Waals surface area contributed by atoms with E-state index in [1.54, 1.807) is 6.07 Å². The van der Waals surface area contributed by atoms with Crippen LogP contribution in [0.4, 0.5) is 5.69 Å². The highest BCUT2D eigenvalue weighted by Gasteiger charge is 2.01. The van der Waals surface area contributed by atoms with Crippen LogP contribution in [0.5, 0.6) is 0 Å². The molecule has 1 aromatic rings. The van der Waals surface area contributed by atoms with E-state index in [4.69, 9.17) is 23.2 Å². The molecule has 1 rings (SSSR count). The Hall–Kier alpha value is -0.0500. The summed E-state index contributed by atoms with van der Waals surface area (Å²) in [7, 11) is 0. The SMILES string of the molecule is SCNc1cccc(Cl)c1Cl. The van der Waals surface area contributed by atoms with Crippen molar-refractivity contribution in [3.8, 4) is 0 Å². The first-order valence-corrected chi connectivity index (χ1v) is 4.43. The monoisotopic (exact) mass is 207 g/mol. The molecule has 0 aliphatic rings. The van der Waals surface area contributed by atoms with Crippen LogP contribution in [0.2, 0.25) is 10.0 Å². The molecule has 1 N–H and O–H groups in total. The van der Waals surface area contributed by atoms with Gasteiger partial charge in [0.25, 0.3) is 0 Å². The normalized spacial score (nSPS) is 9.73. The molecule has 0 atom stereocenters. The lowest BCUT2D eigenvalue weighted by Gasteiger charge is -2.05. The molecule has 0 heterocycles. The van der Waals surface area contributed by atoms with Crippen LogP contribution >= 0.6 is 35.8 Å². The highest BCUT2D eigenvalue weighted by atomic mass is 35.5. The Bertz CT molecular complexity index is 252. The number of hydrogen-bond donors (Lipinski definition) is 2. The van der Waals surface area contributed by atoms with Crippen molar-refractivity contribution in [1.29, 1.82) is 0 Å². The van der Waals surface area contributed by atoms with Gasteiger partial charge in [0.05, 0.1) is 21.6 Å². The van der Waals surface area contributed by atoms with Crippen molar-refractivity contribution in [3.63, 3.8) is 0 Å². The van der Waals surface area contributed by atoms with Crippen LogP contribution in [0.1, 0.15) is 0 Å². The summed E-state index contributed by atoms with van der Waals surface area (Å²) in [6.07, 6.45) is 0. The Kier molecular flexibility index (Phi) is 3.37. The molecular weight excluding hydrogens is 201 g/mol. The Labute approximate surface area is 81.1 Å². The van der Waals surface area contributed by atoms with Gasteiger partial charge in [-0.15, -0.1) is 0 Å². The van der Waals surface area contributed by atoms with E-state index < -0.39 is 0 Å². The Morgan fingerprint density at radius 3 is 2.73 bits per heavy atom. The minimum atomic E-state index is 0.542. The third-order valence-electron chi connectivity index (χ3n) is 1.22. The largest absolute Gasteiger partial charge is 0.375 e. The summed E-state index contributed by atoms with van der Waals surface area (Å²) < 4.78 is 0. The summed E-state index contributed by atoms with van der Waals surface area (Å²) in [4.78, 5) is 0. The minimum absolute atomic E-state index is 0.542. The van der Waals surface area contributed by atoms with Gasteiger partial charge in [-0.3, -0.25) is 0 Å². The third-order valence-corrected chi connectivity index (χ3v) is 2.20. The molecule has 11 heavy (non-hydrogen) atoms. The molecule has 0 unspecified atom stereocenters. The van der Waals surface area contributed by atoms with Crippen LogP contribution in [-0.4, -0.2) is 5.88 Å². The maximum atomic E-state index is 5.84. The van der Waals surface area contributed by atoms with Gasteiger partial charge in [-0.05, 0) is 12.1 Å². The molecule has 0 bridgehead atoms. The van der Waals surface area contributed by atoms with E-state index in [0.29, 0.717) is 15.9 Å². The maximum absolute atomic E-state index is 5.84. The number of anilines is 1. The summed E-state index contributed by atoms with van der Waals surface area (Å²) in [5.41, 5.74) is 0.814. The Morgan fingerprint density at radius 1 is 1.36 bits per heavy atom. The molecule has 0 aliphatic carbocycles. The van der Waals surface area contributed by atoms with Crippen molar-refractivity contribution in [2.24, 2.45) is 0 Å². The van der Waals surface area contributed by atoms with Gasteiger partial charge in [0, 0.05) is 0 Å². The van der Waals surface area contributed by atoms with Crippen molar-refractivity contribution >= 4 is 41.5 Å². The van der Waals surface area contributed by atoms with Gasteiger partial charge in [0.15, 0.2) is 0 Å². The van der Waals surface area contributed by atoms with E-state index in [9.17, 15) is 0 Å². The fourth-order valence-corrected chi connectivity index (χ4v) is 1.26. The average molecular weight is 208 g/mol. The standard InChI is InChI=1S/C7H7Cl2NS/c8-5-2-1-3-6(7(5)9)10-4-11/h1-3,10-11H,4H2. The van der Waals surface area contributed by atoms with E-state index in [1.807, 2.05) is 12.1 Å². The lowest BCUT2D eigenvalue weighted by molar-refractivity contribution is 1.47. The van der Waals surface area contributed by atoms with Crippen molar-refractivity contribution in [2.45, 2.75) is 0 Å². The van der Waals surface area contributed by atoms with Crippen LogP contribution in [0.15, 0.2) is 18.2 Å². The van der Waals surface area contributed by atoms with E-state index in [2.05, 4.69) is 17.9 Å². The van der Waals surface area contributed by atoms with Crippen molar-refractivity contribution < 1.29 is 0 Å². The van der Waals surface area contributed by atoms with Crippen LogP contribution in [0, 0.1) is 0 Å². The van der Waals surface area contributed by atoms with Gasteiger partial charge < -0.3 is 5.32 Å². The number of rotatable bonds is 2. The molecule has 4 heteroatoms. The molecule has 0 saturated heterocycles. The number of halogens is 2. The van der Waals surface area contributed by atoms with E-state index >= 15 is 0 Å². The highest BCUT2D eigenvalue weighted by molar-refractivity contribution is 7.80. The second kappa shape index (κ2) is 4.10. The Morgan fingerprint density at radius 2 is 2.09 bits per heavy atom. The highest BCUT2D eigenvalue weighted by Crippen LogP contribution is 2.29.